The predicted molar refractivity (Wildman–Crippen MR) is 61.9 cm³/mol. The number of nitrogen functional groups attached to an aromatic ring is 1. The SMILES string of the molecule is COC(=O)c1c(SC)nn(C(N)=S)c1N. The highest BCUT2D eigenvalue weighted by atomic mass is 32.2. The Hall–Kier alpha value is -1.28. The first-order chi connectivity index (χ1) is 7.02. The van der Waals surface area contributed by atoms with Gasteiger partial charge in [-0.3, -0.25) is 0 Å². The van der Waals surface area contributed by atoms with E-state index < -0.39 is 5.97 Å². The number of esters is 1. The van der Waals surface area contributed by atoms with Crippen molar-refractivity contribution in [1.82, 2.24) is 9.78 Å². The number of ether oxygens (including phenoxy) is 1. The summed E-state index contributed by atoms with van der Waals surface area (Å²) >= 11 is 5.99. The number of hydrogen-bond donors (Lipinski definition) is 2. The quantitative estimate of drug-likeness (QED) is 0.433. The summed E-state index contributed by atoms with van der Waals surface area (Å²) in [7, 11) is 1.27. The zero-order valence-corrected chi connectivity index (χ0v) is 9.82. The van der Waals surface area contributed by atoms with Crippen molar-refractivity contribution in [2.24, 2.45) is 5.73 Å². The van der Waals surface area contributed by atoms with Crippen LogP contribution in [0.15, 0.2) is 5.03 Å². The molecule has 0 radical (unpaired) electrons. The van der Waals surface area contributed by atoms with Crippen LogP contribution < -0.4 is 11.5 Å². The molecule has 15 heavy (non-hydrogen) atoms. The molecule has 0 aliphatic heterocycles. The summed E-state index contributed by atoms with van der Waals surface area (Å²) in [6, 6.07) is 0. The summed E-state index contributed by atoms with van der Waals surface area (Å²) in [6.45, 7) is 0. The van der Waals surface area contributed by atoms with E-state index in [1.165, 1.54) is 18.9 Å². The first-order valence-corrected chi connectivity index (χ1v) is 5.46. The molecule has 0 unspecified atom stereocenters. The van der Waals surface area contributed by atoms with Gasteiger partial charge in [0.05, 0.1) is 7.11 Å². The zero-order valence-electron chi connectivity index (χ0n) is 8.18. The first kappa shape index (κ1) is 11.8. The van der Waals surface area contributed by atoms with Crippen molar-refractivity contribution in [3.8, 4) is 0 Å². The van der Waals surface area contributed by atoms with Crippen LogP contribution in [-0.2, 0) is 4.74 Å². The Morgan fingerprint density at radius 2 is 2.27 bits per heavy atom. The van der Waals surface area contributed by atoms with E-state index in [1.807, 2.05) is 0 Å². The van der Waals surface area contributed by atoms with Gasteiger partial charge in [-0.15, -0.1) is 11.8 Å². The molecular formula is C7H10N4O2S2. The van der Waals surface area contributed by atoms with Gasteiger partial charge >= 0.3 is 5.97 Å². The van der Waals surface area contributed by atoms with Crippen molar-refractivity contribution in [2.75, 3.05) is 19.1 Å². The van der Waals surface area contributed by atoms with E-state index in [0.29, 0.717) is 5.03 Å². The topological polar surface area (TPSA) is 96.2 Å². The summed E-state index contributed by atoms with van der Waals surface area (Å²) in [5.41, 5.74) is 11.3. The number of rotatable bonds is 2. The Morgan fingerprint density at radius 3 is 2.67 bits per heavy atom. The molecule has 0 saturated heterocycles. The summed E-state index contributed by atoms with van der Waals surface area (Å²) in [5, 5.41) is 4.41. The number of anilines is 1. The highest BCUT2D eigenvalue weighted by molar-refractivity contribution is 7.98. The molecule has 6 nitrogen and oxygen atoms in total. The van der Waals surface area contributed by atoms with Crippen LogP contribution in [-0.4, -0.2) is 34.2 Å². The molecule has 8 heteroatoms. The molecule has 0 saturated carbocycles. The number of aromatic nitrogens is 2. The van der Waals surface area contributed by atoms with Gasteiger partial charge < -0.3 is 16.2 Å². The Kier molecular flexibility index (Phi) is 3.53. The van der Waals surface area contributed by atoms with Crippen molar-refractivity contribution >= 4 is 40.9 Å². The van der Waals surface area contributed by atoms with E-state index in [0.717, 1.165) is 4.68 Å². The number of carbonyl (C=O) groups is 1. The van der Waals surface area contributed by atoms with E-state index in [4.69, 9.17) is 23.7 Å². The third kappa shape index (κ3) is 2.05. The zero-order chi connectivity index (χ0) is 11.6. The molecule has 1 rings (SSSR count). The minimum absolute atomic E-state index is 0.0158. The lowest BCUT2D eigenvalue weighted by Gasteiger charge is -2.00. The predicted octanol–water partition coefficient (Wildman–Crippen LogP) is 0.0655. The molecule has 1 aromatic rings. The van der Waals surface area contributed by atoms with E-state index >= 15 is 0 Å². The highest BCUT2D eigenvalue weighted by Crippen LogP contribution is 2.25. The first-order valence-electron chi connectivity index (χ1n) is 3.83. The van der Waals surface area contributed by atoms with Crippen LogP contribution in [0.3, 0.4) is 0 Å². The average Bonchev–Trinajstić information content (AvgIpc) is 2.54. The molecule has 0 amide bonds. The molecule has 0 aliphatic rings. The molecule has 0 fully saturated rings. The molecule has 0 bridgehead atoms. The van der Waals surface area contributed by atoms with Gasteiger partial charge in [-0.2, -0.15) is 9.78 Å². The maximum absolute atomic E-state index is 11.4. The molecule has 0 spiro atoms. The van der Waals surface area contributed by atoms with Gasteiger partial charge in [0.25, 0.3) is 0 Å². The maximum atomic E-state index is 11.4. The molecule has 0 atom stereocenters. The second kappa shape index (κ2) is 4.49. The van der Waals surface area contributed by atoms with Crippen molar-refractivity contribution in [3.63, 3.8) is 0 Å². The normalized spacial score (nSPS) is 10.0. The number of thioether (sulfide) groups is 1. The van der Waals surface area contributed by atoms with E-state index in [9.17, 15) is 4.79 Å². The molecule has 0 aromatic carbocycles. The number of nitrogens with two attached hydrogens (primary N) is 2. The van der Waals surface area contributed by atoms with E-state index in [-0.39, 0.29) is 16.5 Å². The van der Waals surface area contributed by atoms with Gasteiger partial charge in [-0.05, 0) is 18.5 Å². The second-order valence-electron chi connectivity index (χ2n) is 2.51. The standard InChI is InChI=1S/C7H10N4O2S2/c1-13-6(12)3-4(8)11(7(9)14)10-5(3)15-2/h8H2,1-2H3,(H2,9,14). The average molecular weight is 246 g/mol. The van der Waals surface area contributed by atoms with Crippen molar-refractivity contribution in [2.45, 2.75) is 5.03 Å². The van der Waals surface area contributed by atoms with Gasteiger partial charge in [0.15, 0.2) is 5.11 Å². The highest BCUT2D eigenvalue weighted by Gasteiger charge is 2.23. The molecule has 0 aliphatic carbocycles. The Morgan fingerprint density at radius 1 is 1.67 bits per heavy atom. The summed E-state index contributed by atoms with van der Waals surface area (Å²) in [4.78, 5) is 11.4. The number of nitrogens with zero attached hydrogens (tertiary/aromatic N) is 2. The van der Waals surface area contributed by atoms with Crippen LogP contribution in [0.5, 0.6) is 0 Å². The van der Waals surface area contributed by atoms with E-state index in [2.05, 4.69) is 9.84 Å². The van der Waals surface area contributed by atoms with Crippen LogP contribution in [0.4, 0.5) is 5.82 Å². The fourth-order valence-corrected chi connectivity index (χ4v) is 1.71. The van der Waals surface area contributed by atoms with Crippen LogP contribution in [0.2, 0.25) is 0 Å². The monoisotopic (exact) mass is 246 g/mol. The fraction of sp³-hybridized carbons (Fsp3) is 0.286. The van der Waals surface area contributed by atoms with E-state index in [1.54, 1.807) is 6.26 Å². The van der Waals surface area contributed by atoms with Gasteiger partial charge in [0.1, 0.15) is 16.4 Å². The van der Waals surface area contributed by atoms with Crippen LogP contribution in [0.1, 0.15) is 10.4 Å². The Labute approximate surface area is 95.9 Å². The molecular weight excluding hydrogens is 236 g/mol. The second-order valence-corrected chi connectivity index (χ2v) is 3.72. The third-order valence-electron chi connectivity index (χ3n) is 1.68. The summed E-state index contributed by atoms with van der Waals surface area (Å²) in [5.74, 6) is -0.460. The maximum Gasteiger partial charge on any atom is 0.344 e. The molecule has 82 valence electrons. The lowest BCUT2D eigenvalue weighted by Crippen LogP contribution is -2.22. The lowest BCUT2D eigenvalue weighted by molar-refractivity contribution is 0.0598. The Bertz CT molecular complexity index is 415. The Balaban J connectivity index is 3.36. The van der Waals surface area contributed by atoms with Gasteiger partial charge in [-0.25, -0.2) is 4.79 Å². The number of thiocarbonyl (C=S) groups is 1. The number of carbonyl (C=O) groups excluding carboxylic acids is 1. The minimum Gasteiger partial charge on any atom is -0.465 e. The number of methoxy groups -OCH3 is 1. The van der Waals surface area contributed by atoms with Gasteiger partial charge in [0, 0.05) is 0 Å². The van der Waals surface area contributed by atoms with Crippen LogP contribution in [0, 0.1) is 0 Å². The van der Waals surface area contributed by atoms with Crippen molar-refractivity contribution < 1.29 is 9.53 Å². The minimum atomic E-state index is -0.556. The fourth-order valence-electron chi connectivity index (χ4n) is 1.01. The lowest BCUT2D eigenvalue weighted by atomic mass is 10.3. The summed E-state index contributed by atoms with van der Waals surface area (Å²) in [6.07, 6.45) is 1.76. The summed E-state index contributed by atoms with van der Waals surface area (Å²) < 4.78 is 5.72. The number of hydrogen-bond acceptors (Lipinski definition) is 6. The third-order valence-corrected chi connectivity index (χ3v) is 2.53. The van der Waals surface area contributed by atoms with Gasteiger partial charge in [0.2, 0.25) is 0 Å². The molecule has 4 N–H and O–H groups in total. The smallest absolute Gasteiger partial charge is 0.344 e. The largest absolute Gasteiger partial charge is 0.465 e. The van der Waals surface area contributed by atoms with Gasteiger partial charge in [-0.1, -0.05) is 0 Å². The van der Waals surface area contributed by atoms with Crippen LogP contribution in [0.25, 0.3) is 0 Å². The van der Waals surface area contributed by atoms with Crippen molar-refractivity contribution in [3.05, 3.63) is 5.56 Å². The molecule has 1 aromatic heterocycles. The molecule has 1 heterocycles. The van der Waals surface area contributed by atoms with Crippen LogP contribution >= 0.6 is 24.0 Å². The van der Waals surface area contributed by atoms with Crippen molar-refractivity contribution in [1.29, 1.82) is 0 Å².